The number of pyridine rings is 1. The third-order valence-corrected chi connectivity index (χ3v) is 14.8. The van der Waals surface area contributed by atoms with E-state index in [0.29, 0.717) is 0 Å². The van der Waals surface area contributed by atoms with E-state index in [1.165, 1.54) is 64.3 Å². The standard InChI is InChI=1S/C58H86N2O18/c1-14-16-20-28-41-57(8,9)42(76-55-48(67)51(72-12)50(37(7)75-55)77-56-52(73-13)47(66)46(65)36(6)74-56)32-58(70,78-41)38(15-2)53(68)59-30-24-23-26-34(4)49(71-11)35(5)45(64)40(62)27-22-19-17-18-21-25-33(3)44(63)43-39(61)29-31-60(10)54(43)69/h14,16-29,31,35-38,40-42,45-52,55-56,61-62,64-67,70H,15,30,32H2,1-13H3,(H,59,68)/b16-14-,19-17+,21-18+,24-23+,27-22-,28-20+,33-25+,34-26+/t35?,36-,37?,38?,40?,41?,42?,45?,46-,47?,48?,49?,50+,51+,52?,55-,56-,58-/m0/s1. The zero-order valence-electron chi connectivity index (χ0n) is 47.2. The Morgan fingerprint density at radius 1 is 0.872 bits per heavy atom. The molecule has 3 aliphatic rings. The van der Waals surface area contributed by atoms with Crippen molar-refractivity contribution in [3.63, 3.8) is 0 Å². The van der Waals surface area contributed by atoms with Crippen molar-refractivity contribution < 1.29 is 83.2 Å². The number of nitrogens with one attached hydrogen (secondary N) is 1. The van der Waals surface area contributed by atoms with Crippen LogP contribution < -0.4 is 10.9 Å². The second-order valence-corrected chi connectivity index (χ2v) is 20.7. The zero-order chi connectivity index (χ0) is 58.2. The second-order valence-electron chi connectivity index (χ2n) is 20.7. The van der Waals surface area contributed by atoms with Gasteiger partial charge in [0.1, 0.15) is 47.9 Å². The highest BCUT2D eigenvalue weighted by atomic mass is 16.8. The van der Waals surface area contributed by atoms with Gasteiger partial charge < -0.3 is 83.5 Å². The molecule has 11 unspecified atom stereocenters. The van der Waals surface area contributed by atoms with Crippen LogP contribution >= 0.6 is 0 Å². The van der Waals surface area contributed by atoms with Gasteiger partial charge in [0.05, 0.1) is 48.6 Å². The van der Waals surface area contributed by atoms with Gasteiger partial charge in [-0.1, -0.05) is 113 Å². The van der Waals surface area contributed by atoms with Crippen molar-refractivity contribution in [2.24, 2.45) is 24.3 Å². The number of Topliss-reactive ketones (excluding diaryl/α,β-unsaturated/α-hetero) is 1. The number of ketones is 1. The Kier molecular flexibility index (Phi) is 25.4. The van der Waals surface area contributed by atoms with Gasteiger partial charge in [-0.2, -0.15) is 0 Å². The van der Waals surface area contributed by atoms with Crippen LogP contribution in [0.25, 0.3) is 0 Å². The third kappa shape index (κ3) is 16.2. The SMILES string of the molecule is C/C=C\C=C\C1O[C@](O)(C(CC)C(=O)NC/C=C/C=C(\C)C(OC)C(C)C(O)C(O)\C=C/C=C/C=C/C=C(\C)C(=O)c2c(O)ccn(C)c2=O)CC(O[C@@H]2OC(C)[C@@H](O[C@@H]3O[C@@H](C)[C@H](O)C(O)C3OC)[C@H](OC)C2O)C1(C)C. The monoisotopic (exact) mass is 1100 g/mol. The second kappa shape index (κ2) is 30.2. The lowest BCUT2D eigenvalue weighted by molar-refractivity contribution is -0.377. The number of hydrogen-bond acceptors (Lipinski definition) is 18. The van der Waals surface area contributed by atoms with E-state index in [1.807, 2.05) is 39.8 Å². The Morgan fingerprint density at radius 2 is 1.53 bits per heavy atom. The van der Waals surface area contributed by atoms with Crippen LogP contribution in [0.4, 0.5) is 0 Å². The summed E-state index contributed by atoms with van der Waals surface area (Å²) >= 11 is 0. The van der Waals surface area contributed by atoms with Gasteiger partial charge in [-0.3, -0.25) is 14.4 Å². The minimum atomic E-state index is -2.05. The van der Waals surface area contributed by atoms with E-state index in [9.17, 15) is 50.1 Å². The number of aromatic hydroxyl groups is 1. The van der Waals surface area contributed by atoms with Crippen LogP contribution in [0.5, 0.6) is 5.75 Å². The number of methoxy groups -OCH3 is 3. The number of carbonyl (C=O) groups excluding carboxylic acids is 2. The minimum absolute atomic E-state index is 0.0812. The lowest BCUT2D eigenvalue weighted by atomic mass is 9.72. The first kappa shape index (κ1) is 65.8. The van der Waals surface area contributed by atoms with Crippen molar-refractivity contribution in [2.45, 2.75) is 173 Å². The number of aliphatic hydroxyl groups excluding tert-OH is 5. The van der Waals surface area contributed by atoms with Crippen LogP contribution in [0.3, 0.4) is 0 Å². The molecule has 1 amide bonds. The Hall–Kier alpha value is -4.75. The molecule has 78 heavy (non-hydrogen) atoms. The highest BCUT2D eigenvalue weighted by molar-refractivity contribution is 6.09. The molecule has 436 valence electrons. The molecule has 0 saturated carbocycles. The number of carbonyl (C=O) groups is 2. The fraction of sp³-hybridized carbons (Fsp3) is 0.603. The molecular weight excluding hydrogens is 1010 g/mol. The number of nitrogens with zero attached hydrogens (tertiary/aromatic N) is 1. The Morgan fingerprint density at radius 3 is 2.17 bits per heavy atom. The average molecular weight is 1100 g/mol. The first-order chi connectivity index (χ1) is 36.8. The number of hydrogen-bond donors (Lipinski definition) is 8. The molecule has 0 spiro atoms. The van der Waals surface area contributed by atoms with E-state index in [1.54, 1.807) is 88.5 Å². The van der Waals surface area contributed by atoms with Crippen molar-refractivity contribution >= 4 is 11.7 Å². The summed E-state index contributed by atoms with van der Waals surface area (Å²) in [4.78, 5) is 39.1. The fourth-order valence-corrected chi connectivity index (χ4v) is 9.85. The van der Waals surface area contributed by atoms with E-state index in [2.05, 4.69) is 5.32 Å². The molecule has 4 heterocycles. The van der Waals surface area contributed by atoms with E-state index in [0.717, 1.165) is 5.57 Å². The number of ether oxygens (including phenoxy) is 8. The molecule has 0 aromatic carbocycles. The minimum Gasteiger partial charge on any atom is -0.507 e. The smallest absolute Gasteiger partial charge is 0.265 e. The van der Waals surface area contributed by atoms with Crippen molar-refractivity contribution in [2.75, 3.05) is 27.9 Å². The molecule has 20 heteroatoms. The van der Waals surface area contributed by atoms with E-state index in [-0.39, 0.29) is 30.5 Å². The Bertz CT molecular complexity index is 2420. The normalized spacial score (nSPS) is 32.4. The summed E-state index contributed by atoms with van der Waals surface area (Å²) in [5, 5.41) is 80.1. The van der Waals surface area contributed by atoms with E-state index < -0.39 is 138 Å². The average Bonchev–Trinajstić information content (AvgIpc) is 3.47. The van der Waals surface area contributed by atoms with Gasteiger partial charge in [-0.05, 0) is 58.3 Å². The summed E-state index contributed by atoms with van der Waals surface area (Å²) < 4.78 is 49.6. The van der Waals surface area contributed by atoms with Crippen LogP contribution in [0.1, 0.15) is 85.5 Å². The highest BCUT2D eigenvalue weighted by Crippen LogP contribution is 2.47. The summed E-state index contributed by atoms with van der Waals surface area (Å²) in [6.45, 7) is 15.9. The number of allylic oxidation sites excluding steroid dienone is 12. The van der Waals surface area contributed by atoms with E-state index in [4.69, 9.17) is 37.9 Å². The largest absolute Gasteiger partial charge is 0.507 e. The van der Waals surface area contributed by atoms with Crippen molar-refractivity contribution in [3.8, 4) is 5.75 Å². The molecular formula is C58H86N2O18. The zero-order valence-corrected chi connectivity index (χ0v) is 47.2. The number of aromatic nitrogens is 1. The van der Waals surface area contributed by atoms with Gasteiger partial charge in [0.15, 0.2) is 24.2 Å². The topological polar surface area (TPSA) is 284 Å². The van der Waals surface area contributed by atoms with Crippen LogP contribution in [0, 0.1) is 17.3 Å². The molecule has 18 atom stereocenters. The lowest BCUT2D eigenvalue weighted by Gasteiger charge is -2.53. The molecule has 0 bridgehead atoms. The summed E-state index contributed by atoms with van der Waals surface area (Å²) in [5.41, 5.74) is -0.793. The summed E-state index contributed by atoms with van der Waals surface area (Å²) in [6.07, 6.45) is 9.05. The predicted molar refractivity (Wildman–Crippen MR) is 291 cm³/mol. The first-order valence-electron chi connectivity index (χ1n) is 26.4. The number of amides is 1. The number of rotatable bonds is 25. The molecule has 3 fully saturated rings. The number of aryl methyl sites for hydroxylation is 1. The van der Waals surface area contributed by atoms with E-state index >= 15 is 0 Å². The van der Waals surface area contributed by atoms with Gasteiger partial charge in [-0.25, -0.2) is 0 Å². The van der Waals surface area contributed by atoms with Gasteiger partial charge in [0.25, 0.3) is 5.56 Å². The molecule has 8 N–H and O–H groups in total. The maximum absolute atomic E-state index is 14.0. The maximum Gasteiger partial charge on any atom is 0.265 e. The van der Waals surface area contributed by atoms with Gasteiger partial charge in [-0.15, -0.1) is 0 Å². The third-order valence-electron chi connectivity index (χ3n) is 14.8. The van der Waals surface area contributed by atoms with Crippen molar-refractivity contribution in [1.82, 2.24) is 9.88 Å². The Labute approximate surface area is 458 Å². The Balaban J connectivity index is 1.39. The van der Waals surface area contributed by atoms with Crippen molar-refractivity contribution in [3.05, 3.63) is 124 Å². The first-order valence-corrected chi connectivity index (χ1v) is 26.4. The van der Waals surface area contributed by atoms with Crippen LogP contribution in [0.15, 0.2) is 113 Å². The molecule has 1 aromatic heterocycles. The summed E-state index contributed by atoms with van der Waals surface area (Å²) in [6, 6.07) is 1.28. The summed E-state index contributed by atoms with van der Waals surface area (Å²) in [5.74, 6) is -5.15. The highest BCUT2D eigenvalue weighted by Gasteiger charge is 2.58. The van der Waals surface area contributed by atoms with Crippen molar-refractivity contribution in [1.29, 1.82) is 0 Å². The maximum atomic E-state index is 14.0. The lowest BCUT2D eigenvalue weighted by Crippen LogP contribution is -2.65. The van der Waals surface area contributed by atoms with Crippen LogP contribution in [-0.2, 0) is 49.7 Å². The predicted octanol–water partition coefficient (Wildman–Crippen LogP) is 3.92. The van der Waals surface area contributed by atoms with Crippen LogP contribution in [-0.4, -0.2) is 178 Å². The molecule has 3 saturated heterocycles. The molecule has 20 nitrogen and oxygen atoms in total. The van der Waals surface area contributed by atoms with Gasteiger partial charge >= 0.3 is 0 Å². The molecule has 1 aromatic rings. The van der Waals surface area contributed by atoms with Crippen LogP contribution in [0.2, 0.25) is 0 Å². The van der Waals surface area contributed by atoms with Gasteiger partial charge in [0.2, 0.25) is 5.91 Å². The molecule has 4 rings (SSSR count). The molecule has 0 aliphatic carbocycles. The summed E-state index contributed by atoms with van der Waals surface area (Å²) in [7, 11) is 5.73. The fourth-order valence-electron chi connectivity index (χ4n) is 9.85. The number of aliphatic hydroxyl groups is 6. The molecule has 3 aliphatic heterocycles. The molecule has 0 radical (unpaired) electrons. The van der Waals surface area contributed by atoms with Gasteiger partial charge in [0, 0.05) is 58.9 Å². The quantitative estimate of drug-likeness (QED) is 0.0391.